The van der Waals surface area contributed by atoms with Crippen LogP contribution in [0, 0.1) is 28.6 Å². The average Bonchev–Trinajstić information content (AvgIpc) is 4.00. The molecule has 4 fully saturated rings. The lowest BCUT2D eigenvalue weighted by atomic mass is 9.40. The lowest BCUT2D eigenvalue weighted by molar-refractivity contribution is -0.158. The number of carbonyl (C=O) groups is 4. The molecule has 4 saturated carbocycles. The van der Waals surface area contributed by atoms with Gasteiger partial charge in [-0.05, 0) is 128 Å². The minimum absolute atomic E-state index is 0.0675. The van der Waals surface area contributed by atoms with Crippen LogP contribution in [0.2, 0.25) is 0 Å². The maximum atomic E-state index is 13.7. The van der Waals surface area contributed by atoms with E-state index in [4.69, 9.17) is 26.4 Å². The third kappa shape index (κ3) is 9.64. The first-order chi connectivity index (χ1) is 34.8. The molecule has 388 valence electrons. The number of para-hydroxylation sites is 1. The van der Waals surface area contributed by atoms with Crippen LogP contribution in [-0.2, 0) is 44.0 Å². The number of fused-ring (bicyclic) bond motifs is 4. The van der Waals surface area contributed by atoms with E-state index in [1.807, 2.05) is 71.1 Å². The summed E-state index contributed by atoms with van der Waals surface area (Å²) in [6.07, 6.45) is 10.2. The number of nitrogens with one attached hydrogen (secondary N) is 2. The van der Waals surface area contributed by atoms with E-state index in [1.165, 1.54) is 16.2 Å². The number of hydrogen-bond acceptors (Lipinski definition) is 12. The summed E-state index contributed by atoms with van der Waals surface area (Å²) in [5.41, 5.74) is 4.86. The van der Waals surface area contributed by atoms with Crippen LogP contribution in [0.5, 0.6) is 0 Å². The zero-order chi connectivity index (χ0) is 51.6. The Bertz CT molecular complexity index is 3100. The maximum absolute atomic E-state index is 13.7. The van der Waals surface area contributed by atoms with Gasteiger partial charge in [-0.25, -0.2) is 14.8 Å². The summed E-state index contributed by atoms with van der Waals surface area (Å²) >= 11 is 6.97. The maximum Gasteiger partial charge on any atom is 0.355 e. The predicted molar refractivity (Wildman–Crippen MR) is 279 cm³/mol. The molecule has 5 aromatic rings. The molecule has 5 atom stereocenters. The third-order valence-corrected chi connectivity index (χ3v) is 19.0. The zero-order valence-electron chi connectivity index (χ0n) is 41.5. The predicted octanol–water partition coefficient (Wildman–Crippen LogP) is 8.14. The van der Waals surface area contributed by atoms with Crippen molar-refractivity contribution < 1.29 is 42.0 Å². The fraction of sp³-hybridized carbons (Fsp3) is 0.528. The first-order valence-electron chi connectivity index (χ1n) is 25.3. The molecule has 73 heavy (non-hydrogen) atoms. The van der Waals surface area contributed by atoms with Crippen LogP contribution in [0.1, 0.15) is 116 Å². The van der Waals surface area contributed by atoms with E-state index < -0.39 is 27.4 Å². The van der Waals surface area contributed by atoms with Crippen LogP contribution in [0.15, 0.2) is 60.8 Å². The number of alkyl halides is 1. The number of thiazole rings is 1. The largest absolute Gasteiger partial charge is 0.476 e. The van der Waals surface area contributed by atoms with E-state index >= 15 is 0 Å². The normalized spacial score (nSPS) is 25.6. The van der Waals surface area contributed by atoms with Crippen molar-refractivity contribution in [1.82, 2.24) is 30.0 Å². The van der Waals surface area contributed by atoms with Gasteiger partial charge in [-0.2, -0.15) is 13.5 Å². The lowest BCUT2D eigenvalue weighted by Crippen LogP contribution is -2.57. The van der Waals surface area contributed by atoms with Crippen LogP contribution in [0.25, 0.3) is 21.3 Å². The Balaban J connectivity index is 0.833. The Morgan fingerprint density at radius 2 is 1.73 bits per heavy atom. The number of anilines is 2. The fourth-order valence-corrected chi connectivity index (χ4v) is 16.0. The standard InChI is InChI=1S/C53H63ClN8O9S2/c1-34-38(36-15-16-42(58-45(36)47(66)67)61-19-17-35-10-9-11-37(39(35)26-61)46(65)59-48-57-40-12-6-7-13-41(40)72-48)25-56-62(34)33-51-28-49(2)27-50(3)29-52(30-51,32-53(49,50)31-51)71-22-20-60(21-23-73(68,69)70)44(64)14-5-4-8-18-55-43(63)24-54/h6-7,9-13,15-16,25H,4-5,8,14,17-24,26-33H2,1-3H3,(H,55,63)(H,66,67)(H,57,59,65)(H,68,69,70). The molecule has 5 unspecified atom stereocenters. The first-order valence-corrected chi connectivity index (χ1v) is 28.2. The number of ether oxygens (including phenoxy) is 1. The quantitative estimate of drug-likeness (QED) is 0.0310. The Morgan fingerprint density at radius 1 is 0.918 bits per heavy atom. The van der Waals surface area contributed by atoms with Gasteiger partial charge in [0.2, 0.25) is 11.8 Å². The monoisotopic (exact) mass is 1050 g/mol. The molecule has 20 heteroatoms. The van der Waals surface area contributed by atoms with Crippen LogP contribution in [0.4, 0.5) is 10.9 Å². The van der Waals surface area contributed by atoms with Crippen molar-refractivity contribution in [2.75, 3.05) is 54.6 Å². The smallest absolute Gasteiger partial charge is 0.355 e. The SMILES string of the molecule is Cc1c(-c2ccc(N3CCc4cccc(C(=O)Nc5nc6ccccc6s5)c4C3)nc2C(=O)O)cnn1CC12CC3(OCCN(CCS(=O)(=O)O)C(=O)CCCCCNC(=O)CCl)CC4(C)CC(C)(C1)C4(C2)C3. The van der Waals surface area contributed by atoms with Crippen LogP contribution < -0.4 is 15.5 Å². The van der Waals surface area contributed by atoms with E-state index in [-0.39, 0.29) is 77.1 Å². The van der Waals surface area contributed by atoms with Crippen molar-refractivity contribution in [1.29, 1.82) is 0 Å². The number of carboxylic acids is 1. The molecule has 2 aromatic carbocycles. The minimum atomic E-state index is -4.31. The molecule has 3 aromatic heterocycles. The van der Waals surface area contributed by atoms with E-state index in [2.05, 4.69) is 29.5 Å². The van der Waals surface area contributed by atoms with Crippen LogP contribution >= 0.6 is 22.9 Å². The van der Waals surface area contributed by atoms with E-state index in [0.717, 1.165) is 65.6 Å². The van der Waals surface area contributed by atoms with Crippen LogP contribution in [0.3, 0.4) is 0 Å². The van der Waals surface area contributed by atoms with Gasteiger partial charge in [0.15, 0.2) is 10.8 Å². The lowest BCUT2D eigenvalue weighted by Gasteiger charge is -2.64. The number of benzene rings is 2. The van der Waals surface area contributed by atoms with Crippen molar-refractivity contribution in [3.63, 3.8) is 0 Å². The summed E-state index contributed by atoms with van der Waals surface area (Å²) in [4.78, 5) is 64.6. The van der Waals surface area contributed by atoms with E-state index in [1.54, 1.807) is 6.20 Å². The number of amides is 3. The summed E-state index contributed by atoms with van der Waals surface area (Å²) in [6, 6.07) is 17.1. The number of nitrogens with zero attached hydrogens (tertiary/aromatic N) is 6. The Labute approximate surface area is 434 Å². The third-order valence-electron chi connectivity index (χ3n) is 17.1. The number of aromatic nitrogens is 4. The molecule has 1 spiro atoms. The Morgan fingerprint density at radius 3 is 2.51 bits per heavy atom. The highest BCUT2D eigenvalue weighted by atomic mass is 35.5. The second kappa shape index (κ2) is 19.3. The molecule has 1 aliphatic heterocycles. The van der Waals surface area contributed by atoms with Crippen molar-refractivity contribution in [3.8, 4) is 11.1 Å². The molecule has 3 amide bonds. The van der Waals surface area contributed by atoms with Crippen molar-refractivity contribution in [2.24, 2.45) is 21.7 Å². The number of pyridine rings is 1. The van der Waals surface area contributed by atoms with Gasteiger partial charge in [0, 0.05) is 68.1 Å². The van der Waals surface area contributed by atoms with Gasteiger partial charge in [0.25, 0.3) is 16.0 Å². The molecule has 17 nitrogen and oxygen atoms in total. The average molecular weight is 1060 g/mol. The van der Waals surface area contributed by atoms with Gasteiger partial charge < -0.3 is 25.0 Å². The summed E-state index contributed by atoms with van der Waals surface area (Å²) in [6.45, 7) is 9.11. The second-order valence-electron chi connectivity index (χ2n) is 22.0. The number of hydrogen-bond donors (Lipinski definition) is 4. The molecular weight excluding hydrogens is 992 g/mol. The minimum Gasteiger partial charge on any atom is -0.476 e. The van der Waals surface area contributed by atoms with E-state index in [0.29, 0.717) is 79.5 Å². The van der Waals surface area contributed by atoms with E-state index in [9.17, 15) is 37.3 Å². The number of aromatic carboxylic acids is 1. The highest BCUT2D eigenvalue weighted by molar-refractivity contribution is 7.85. The molecule has 3 bridgehead atoms. The number of halogens is 1. The molecular formula is C53H63ClN8O9S2. The van der Waals surface area contributed by atoms with Crippen molar-refractivity contribution in [3.05, 3.63) is 88.9 Å². The Kier molecular flexibility index (Phi) is 13.5. The number of unbranched alkanes of at least 4 members (excludes halogenated alkanes) is 2. The summed E-state index contributed by atoms with van der Waals surface area (Å²) in [5, 5.41) is 21.8. The summed E-state index contributed by atoms with van der Waals surface area (Å²) in [7, 11) is -4.31. The molecule has 4 N–H and O–H groups in total. The van der Waals surface area contributed by atoms with Gasteiger partial charge in [0.05, 0.1) is 34.4 Å². The van der Waals surface area contributed by atoms with Gasteiger partial charge in [-0.1, -0.05) is 55.9 Å². The highest BCUT2D eigenvalue weighted by Gasteiger charge is 2.84. The molecule has 0 saturated heterocycles. The fourth-order valence-electron chi connectivity index (χ4n) is 14.6. The molecule has 5 aliphatic rings. The van der Waals surface area contributed by atoms with Crippen molar-refractivity contribution in [2.45, 2.75) is 110 Å². The van der Waals surface area contributed by atoms with Gasteiger partial charge >= 0.3 is 5.97 Å². The molecule has 0 radical (unpaired) electrons. The molecule has 10 rings (SSSR count). The highest BCUT2D eigenvalue weighted by Crippen LogP contribution is 2.89. The number of rotatable bonds is 21. The van der Waals surface area contributed by atoms with Gasteiger partial charge in [-0.3, -0.25) is 28.9 Å². The zero-order valence-corrected chi connectivity index (χ0v) is 43.9. The Hall–Kier alpha value is -5.47. The number of carbonyl (C=O) groups excluding carboxylic acids is 3. The van der Waals surface area contributed by atoms with Gasteiger partial charge in [-0.15, -0.1) is 11.6 Å². The topological polar surface area (TPSA) is 226 Å². The van der Waals surface area contributed by atoms with Crippen molar-refractivity contribution >= 4 is 77.9 Å². The first kappa shape index (κ1) is 51.0. The molecule has 4 heterocycles. The number of carboxylic acid groups (broad SMARTS) is 1. The van der Waals surface area contributed by atoms with Crippen LogP contribution in [-0.4, -0.2) is 116 Å². The summed E-state index contributed by atoms with van der Waals surface area (Å²) < 4.78 is 43.2. The summed E-state index contributed by atoms with van der Waals surface area (Å²) in [5.74, 6) is -2.05. The second-order valence-corrected chi connectivity index (χ2v) is 24.9. The molecule has 4 aliphatic carbocycles. The van der Waals surface area contributed by atoms with Gasteiger partial charge in [0.1, 0.15) is 11.7 Å².